The number of rotatable bonds is 5. The number of ether oxygens (including phenoxy) is 1. The van der Waals surface area contributed by atoms with E-state index in [9.17, 15) is 0 Å². The van der Waals surface area contributed by atoms with Gasteiger partial charge in [0.15, 0.2) is 0 Å². The van der Waals surface area contributed by atoms with Crippen LogP contribution in [0.2, 0.25) is 0 Å². The molecule has 0 aliphatic rings. The summed E-state index contributed by atoms with van der Waals surface area (Å²) in [5.41, 5.74) is 1.44. The summed E-state index contributed by atoms with van der Waals surface area (Å²) in [6, 6.07) is 10.8. The molecule has 1 nitrogen and oxygen atoms in total. The molecule has 0 aliphatic carbocycles. The number of benzene rings is 1. The van der Waals surface area contributed by atoms with Crippen molar-refractivity contribution in [2.24, 2.45) is 0 Å². The summed E-state index contributed by atoms with van der Waals surface area (Å²) in [6.45, 7) is 15.4. The Kier molecular flexibility index (Phi) is 4.84. The SMILES string of the molecule is CC(C)(C)OC(C)(C)CCC(C)(C)c1ccccc1. The average molecular weight is 262 g/mol. The van der Waals surface area contributed by atoms with Gasteiger partial charge in [-0.05, 0) is 58.4 Å². The van der Waals surface area contributed by atoms with Crippen molar-refractivity contribution < 1.29 is 4.74 Å². The van der Waals surface area contributed by atoms with E-state index < -0.39 is 0 Å². The summed E-state index contributed by atoms with van der Waals surface area (Å²) < 4.78 is 6.16. The zero-order valence-corrected chi connectivity index (χ0v) is 13.7. The average Bonchev–Trinajstić information content (AvgIpc) is 2.25. The molecule has 1 rings (SSSR count). The Balaban J connectivity index is 2.65. The molecular formula is C18H30O. The van der Waals surface area contributed by atoms with Crippen LogP contribution in [-0.4, -0.2) is 11.2 Å². The Morgan fingerprint density at radius 1 is 0.789 bits per heavy atom. The minimum absolute atomic E-state index is 0.0791. The molecule has 0 saturated carbocycles. The maximum absolute atomic E-state index is 6.16. The lowest BCUT2D eigenvalue weighted by Crippen LogP contribution is -2.36. The van der Waals surface area contributed by atoms with E-state index in [1.807, 2.05) is 0 Å². The van der Waals surface area contributed by atoms with Crippen molar-refractivity contribution in [2.45, 2.75) is 77.9 Å². The highest BCUT2D eigenvalue weighted by molar-refractivity contribution is 5.23. The zero-order chi connectivity index (χ0) is 14.7. The van der Waals surface area contributed by atoms with E-state index in [0.717, 1.165) is 12.8 Å². The Morgan fingerprint density at radius 2 is 1.32 bits per heavy atom. The number of hydrogen-bond acceptors (Lipinski definition) is 1. The van der Waals surface area contributed by atoms with Gasteiger partial charge in [0.1, 0.15) is 0 Å². The fourth-order valence-corrected chi connectivity index (χ4v) is 2.53. The third-order valence-corrected chi connectivity index (χ3v) is 3.49. The third-order valence-electron chi connectivity index (χ3n) is 3.49. The highest BCUT2D eigenvalue weighted by Crippen LogP contribution is 2.33. The molecule has 0 atom stereocenters. The second-order valence-electron chi connectivity index (χ2n) is 7.72. The van der Waals surface area contributed by atoms with Gasteiger partial charge in [0, 0.05) is 0 Å². The molecule has 0 aromatic heterocycles. The Bertz CT molecular complexity index is 382. The van der Waals surface area contributed by atoms with E-state index in [1.54, 1.807) is 0 Å². The van der Waals surface area contributed by atoms with Crippen molar-refractivity contribution in [3.05, 3.63) is 35.9 Å². The first kappa shape index (κ1) is 16.2. The van der Waals surface area contributed by atoms with Crippen LogP contribution in [0, 0.1) is 0 Å². The van der Waals surface area contributed by atoms with Gasteiger partial charge in [0.2, 0.25) is 0 Å². The van der Waals surface area contributed by atoms with Crippen LogP contribution >= 0.6 is 0 Å². The molecule has 0 heterocycles. The van der Waals surface area contributed by atoms with Crippen molar-refractivity contribution in [1.29, 1.82) is 0 Å². The Labute approximate surface area is 119 Å². The topological polar surface area (TPSA) is 9.23 Å². The summed E-state index contributed by atoms with van der Waals surface area (Å²) in [4.78, 5) is 0. The lowest BCUT2D eigenvalue weighted by atomic mass is 9.78. The molecule has 1 heteroatoms. The van der Waals surface area contributed by atoms with Crippen molar-refractivity contribution in [3.63, 3.8) is 0 Å². The van der Waals surface area contributed by atoms with Crippen molar-refractivity contribution in [2.75, 3.05) is 0 Å². The molecule has 1 aromatic carbocycles. The standard InChI is InChI=1S/C18H30O/c1-16(2,3)19-18(6,7)14-13-17(4,5)15-11-9-8-10-12-15/h8-12H,13-14H2,1-7H3. The van der Waals surface area contributed by atoms with Gasteiger partial charge in [0.25, 0.3) is 0 Å². The summed E-state index contributed by atoms with van der Waals surface area (Å²) in [5, 5.41) is 0. The van der Waals surface area contributed by atoms with Crippen molar-refractivity contribution in [3.8, 4) is 0 Å². The molecule has 0 unspecified atom stereocenters. The summed E-state index contributed by atoms with van der Waals surface area (Å²) in [5.74, 6) is 0. The van der Waals surface area contributed by atoms with Gasteiger partial charge in [-0.3, -0.25) is 0 Å². The summed E-state index contributed by atoms with van der Waals surface area (Å²) in [7, 11) is 0. The normalized spacial score (nSPS) is 13.6. The summed E-state index contributed by atoms with van der Waals surface area (Å²) in [6.07, 6.45) is 2.19. The second-order valence-corrected chi connectivity index (χ2v) is 7.72. The molecule has 0 radical (unpaired) electrons. The molecule has 0 bridgehead atoms. The third kappa shape index (κ3) is 5.78. The summed E-state index contributed by atoms with van der Waals surface area (Å²) >= 11 is 0. The molecule has 0 saturated heterocycles. The highest BCUT2D eigenvalue weighted by atomic mass is 16.5. The van der Waals surface area contributed by atoms with Gasteiger partial charge in [-0.1, -0.05) is 44.2 Å². The first-order valence-corrected chi connectivity index (χ1v) is 7.28. The van der Waals surface area contributed by atoms with Crippen LogP contribution in [-0.2, 0) is 10.2 Å². The molecule has 0 aliphatic heterocycles. The van der Waals surface area contributed by atoms with Crippen LogP contribution in [0.25, 0.3) is 0 Å². The maximum Gasteiger partial charge on any atom is 0.0634 e. The molecule has 0 spiro atoms. The molecular weight excluding hydrogens is 232 g/mol. The van der Waals surface area contributed by atoms with Crippen LogP contribution in [0.5, 0.6) is 0 Å². The Hall–Kier alpha value is -0.820. The van der Waals surface area contributed by atoms with Gasteiger partial charge in [-0.15, -0.1) is 0 Å². The van der Waals surface area contributed by atoms with Gasteiger partial charge in [-0.25, -0.2) is 0 Å². The first-order chi connectivity index (χ1) is 8.52. The van der Waals surface area contributed by atoms with E-state index in [4.69, 9.17) is 4.74 Å². The van der Waals surface area contributed by atoms with Crippen LogP contribution in [0.15, 0.2) is 30.3 Å². The van der Waals surface area contributed by atoms with Gasteiger partial charge >= 0.3 is 0 Å². The fraction of sp³-hybridized carbons (Fsp3) is 0.667. The predicted molar refractivity (Wildman–Crippen MR) is 83.6 cm³/mol. The van der Waals surface area contributed by atoms with E-state index in [-0.39, 0.29) is 16.6 Å². The second kappa shape index (κ2) is 5.66. The van der Waals surface area contributed by atoms with Crippen molar-refractivity contribution in [1.82, 2.24) is 0 Å². The lowest BCUT2D eigenvalue weighted by Gasteiger charge is -2.36. The fourth-order valence-electron chi connectivity index (χ4n) is 2.53. The zero-order valence-electron chi connectivity index (χ0n) is 13.7. The minimum atomic E-state index is -0.0829. The molecule has 19 heavy (non-hydrogen) atoms. The van der Waals surface area contributed by atoms with Crippen LogP contribution in [0.3, 0.4) is 0 Å². The Morgan fingerprint density at radius 3 is 1.79 bits per heavy atom. The molecule has 0 N–H and O–H groups in total. The monoisotopic (exact) mass is 262 g/mol. The van der Waals surface area contributed by atoms with E-state index in [1.165, 1.54) is 5.56 Å². The smallest absolute Gasteiger partial charge is 0.0634 e. The van der Waals surface area contributed by atoms with E-state index in [0.29, 0.717) is 0 Å². The minimum Gasteiger partial charge on any atom is -0.370 e. The van der Waals surface area contributed by atoms with Crippen LogP contribution in [0.4, 0.5) is 0 Å². The van der Waals surface area contributed by atoms with Crippen LogP contribution < -0.4 is 0 Å². The van der Waals surface area contributed by atoms with E-state index in [2.05, 4.69) is 78.8 Å². The van der Waals surface area contributed by atoms with Gasteiger partial charge < -0.3 is 4.74 Å². The predicted octanol–water partition coefficient (Wildman–Crippen LogP) is 5.34. The number of hydrogen-bond donors (Lipinski definition) is 0. The quantitative estimate of drug-likeness (QED) is 0.696. The molecule has 0 fully saturated rings. The van der Waals surface area contributed by atoms with Crippen LogP contribution in [0.1, 0.15) is 66.9 Å². The molecule has 0 amide bonds. The highest BCUT2D eigenvalue weighted by Gasteiger charge is 2.29. The lowest BCUT2D eigenvalue weighted by molar-refractivity contribution is -0.118. The van der Waals surface area contributed by atoms with Gasteiger partial charge in [-0.2, -0.15) is 0 Å². The largest absolute Gasteiger partial charge is 0.370 e. The van der Waals surface area contributed by atoms with E-state index >= 15 is 0 Å². The maximum atomic E-state index is 6.16. The van der Waals surface area contributed by atoms with Crippen molar-refractivity contribution >= 4 is 0 Å². The molecule has 108 valence electrons. The first-order valence-electron chi connectivity index (χ1n) is 7.28. The van der Waals surface area contributed by atoms with Gasteiger partial charge in [0.05, 0.1) is 11.2 Å². The molecule has 1 aromatic rings.